The molecule has 1 aliphatic rings. The Morgan fingerprint density at radius 1 is 1.23 bits per heavy atom. The Labute approximate surface area is 185 Å². The van der Waals surface area contributed by atoms with Crippen LogP contribution >= 0.6 is 12.2 Å². The van der Waals surface area contributed by atoms with Crippen molar-refractivity contribution in [3.05, 3.63) is 83.2 Å². The fourth-order valence-corrected chi connectivity index (χ4v) is 4.37. The van der Waals surface area contributed by atoms with E-state index in [1.165, 1.54) is 6.07 Å². The van der Waals surface area contributed by atoms with E-state index in [0.717, 1.165) is 22.6 Å². The number of amides is 1. The fourth-order valence-electron chi connectivity index (χ4n) is 4.03. The van der Waals surface area contributed by atoms with Crippen LogP contribution in [0.1, 0.15) is 41.1 Å². The molecule has 1 fully saturated rings. The lowest BCUT2D eigenvalue weighted by atomic mass is 9.96. The number of anilines is 1. The Hall–Kier alpha value is -3.26. The van der Waals surface area contributed by atoms with Gasteiger partial charge in [-0.3, -0.25) is 9.78 Å². The first kappa shape index (κ1) is 21.0. The third-order valence-corrected chi connectivity index (χ3v) is 5.79. The minimum Gasteiger partial charge on any atom is -0.362 e. The number of carbonyl (C=O) groups is 1. The molecule has 2 unspecified atom stereocenters. The molecule has 4 rings (SSSR count). The standard InChI is InChI=1S/C23H24FN5OS/c1-14-13-16(15(2)26-14)22-21(19-9-5-6-11-25-19)28-23(31)29(22)12-10-20(30)27-18-8-4-3-7-17(18)24/h3-9,11,13,21-22,26H,10,12H2,1-2H3,(H,27,30)(H,28,31). The monoisotopic (exact) mass is 437 g/mol. The number of pyridine rings is 1. The summed E-state index contributed by atoms with van der Waals surface area (Å²) in [5.74, 6) is -0.726. The van der Waals surface area contributed by atoms with Gasteiger partial charge in [0.25, 0.3) is 0 Å². The van der Waals surface area contributed by atoms with Gasteiger partial charge in [0.1, 0.15) is 5.82 Å². The quantitative estimate of drug-likeness (QED) is 0.505. The molecular formula is C23H24FN5OS. The van der Waals surface area contributed by atoms with Gasteiger partial charge in [-0.2, -0.15) is 0 Å². The van der Waals surface area contributed by atoms with Gasteiger partial charge < -0.3 is 20.5 Å². The van der Waals surface area contributed by atoms with Gasteiger partial charge in [0.15, 0.2) is 5.11 Å². The van der Waals surface area contributed by atoms with Gasteiger partial charge in [-0.1, -0.05) is 18.2 Å². The molecule has 1 saturated heterocycles. The Balaban J connectivity index is 1.56. The summed E-state index contributed by atoms with van der Waals surface area (Å²) in [6.45, 7) is 4.44. The van der Waals surface area contributed by atoms with Crippen LogP contribution in [0.25, 0.3) is 0 Å². The van der Waals surface area contributed by atoms with E-state index >= 15 is 0 Å². The number of aromatic nitrogens is 2. The summed E-state index contributed by atoms with van der Waals surface area (Å²) in [5, 5.41) is 6.58. The molecule has 3 heterocycles. The molecule has 1 aromatic carbocycles. The van der Waals surface area contributed by atoms with E-state index in [4.69, 9.17) is 12.2 Å². The summed E-state index contributed by atoms with van der Waals surface area (Å²) in [7, 11) is 0. The molecule has 1 amide bonds. The van der Waals surface area contributed by atoms with Gasteiger partial charge in [0.2, 0.25) is 5.91 Å². The van der Waals surface area contributed by atoms with E-state index in [1.54, 1.807) is 24.4 Å². The van der Waals surface area contributed by atoms with Crippen molar-refractivity contribution in [1.82, 2.24) is 20.2 Å². The van der Waals surface area contributed by atoms with Crippen molar-refractivity contribution in [2.24, 2.45) is 0 Å². The SMILES string of the molecule is Cc1cc(C2C(c3ccccn3)NC(=S)N2CCC(=O)Nc2ccccc2F)c(C)[nH]1. The number of nitrogens with one attached hydrogen (secondary N) is 3. The van der Waals surface area contributed by atoms with E-state index in [2.05, 4.69) is 26.7 Å². The van der Waals surface area contributed by atoms with Crippen molar-refractivity contribution in [2.45, 2.75) is 32.4 Å². The van der Waals surface area contributed by atoms with Crippen molar-refractivity contribution in [3.8, 4) is 0 Å². The minimum atomic E-state index is -0.458. The normalized spacial score (nSPS) is 18.2. The second kappa shape index (κ2) is 8.85. The number of aromatic amines is 1. The number of H-pyrrole nitrogens is 1. The van der Waals surface area contributed by atoms with Crippen LogP contribution in [0.3, 0.4) is 0 Å². The number of aryl methyl sites for hydroxylation is 2. The first-order valence-corrected chi connectivity index (χ1v) is 10.5. The largest absolute Gasteiger partial charge is 0.362 e. The molecule has 1 aliphatic heterocycles. The molecule has 2 aromatic heterocycles. The second-order valence-electron chi connectivity index (χ2n) is 7.63. The van der Waals surface area contributed by atoms with Crippen molar-refractivity contribution in [2.75, 3.05) is 11.9 Å². The maximum absolute atomic E-state index is 13.9. The van der Waals surface area contributed by atoms with Crippen LogP contribution in [-0.4, -0.2) is 32.4 Å². The zero-order valence-electron chi connectivity index (χ0n) is 17.4. The number of hydrogen-bond donors (Lipinski definition) is 3. The van der Waals surface area contributed by atoms with E-state index in [0.29, 0.717) is 11.7 Å². The van der Waals surface area contributed by atoms with Gasteiger partial charge in [0.05, 0.1) is 23.5 Å². The molecule has 6 nitrogen and oxygen atoms in total. The molecule has 3 aromatic rings. The van der Waals surface area contributed by atoms with Crippen molar-refractivity contribution < 1.29 is 9.18 Å². The Morgan fingerprint density at radius 3 is 2.68 bits per heavy atom. The van der Waals surface area contributed by atoms with Crippen LogP contribution < -0.4 is 10.6 Å². The lowest BCUT2D eigenvalue weighted by Crippen LogP contribution is -2.32. The Kier molecular flexibility index (Phi) is 5.99. The third kappa shape index (κ3) is 4.44. The van der Waals surface area contributed by atoms with Gasteiger partial charge in [-0.05, 0) is 62.0 Å². The van der Waals surface area contributed by atoms with Crippen molar-refractivity contribution in [1.29, 1.82) is 0 Å². The lowest BCUT2D eigenvalue weighted by Gasteiger charge is -2.27. The number of benzene rings is 1. The molecule has 160 valence electrons. The Morgan fingerprint density at radius 2 is 2.00 bits per heavy atom. The van der Waals surface area contributed by atoms with E-state index in [-0.39, 0.29) is 30.1 Å². The molecule has 0 bridgehead atoms. The number of thiocarbonyl (C=S) groups is 1. The van der Waals surface area contributed by atoms with Crippen LogP contribution in [0.4, 0.5) is 10.1 Å². The summed E-state index contributed by atoms with van der Waals surface area (Å²) in [5.41, 5.74) is 4.27. The fraction of sp³-hybridized carbons (Fsp3) is 0.261. The molecular weight excluding hydrogens is 413 g/mol. The van der Waals surface area contributed by atoms with Crippen LogP contribution in [0.15, 0.2) is 54.7 Å². The van der Waals surface area contributed by atoms with Crippen LogP contribution in [0.2, 0.25) is 0 Å². The molecule has 0 aliphatic carbocycles. The van der Waals surface area contributed by atoms with Gasteiger partial charge >= 0.3 is 0 Å². The first-order chi connectivity index (χ1) is 14.9. The smallest absolute Gasteiger partial charge is 0.226 e. The number of hydrogen-bond acceptors (Lipinski definition) is 3. The highest BCUT2D eigenvalue weighted by Crippen LogP contribution is 2.40. The molecule has 3 N–H and O–H groups in total. The first-order valence-electron chi connectivity index (χ1n) is 10.1. The average molecular weight is 438 g/mol. The topological polar surface area (TPSA) is 73.1 Å². The van der Waals surface area contributed by atoms with Crippen LogP contribution in [-0.2, 0) is 4.79 Å². The molecule has 0 spiro atoms. The summed E-state index contributed by atoms with van der Waals surface area (Å²) in [6, 6.07) is 13.8. The average Bonchev–Trinajstić information content (AvgIpc) is 3.26. The molecule has 31 heavy (non-hydrogen) atoms. The highest BCUT2D eigenvalue weighted by atomic mass is 32.1. The van der Waals surface area contributed by atoms with Gasteiger partial charge in [0, 0.05) is 30.6 Å². The number of carbonyl (C=O) groups excluding carboxylic acids is 1. The molecule has 8 heteroatoms. The van der Waals surface area contributed by atoms with Crippen molar-refractivity contribution in [3.63, 3.8) is 0 Å². The number of nitrogens with zero attached hydrogens (tertiary/aromatic N) is 2. The maximum atomic E-state index is 13.9. The lowest BCUT2D eigenvalue weighted by molar-refractivity contribution is -0.116. The van der Waals surface area contributed by atoms with Crippen molar-refractivity contribution >= 4 is 28.9 Å². The second-order valence-corrected chi connectivity index (χ2v) is 8.02. The van der Waals surface area contributed by atoms with Crippen LogP contribution in [0.5, 0.6) is 0 Å². The number of rotatable bonds is 6. The van der Waals surface area contributed by atoms with Crippen LogP contribution in [0, 0.1) is 19.7 Å². The zero-order valence-corrected chi connectivity index (χ0v) is 18.2. The number of halogens is 1. The molecule has 2 atom stereocenters. The van der Waals surface area contributed by atoms with Gasteiger partial charge in [-0.15, -0.1) is 0 Å². The third-order valence-electron chi connectivity index (χ3n) is 5.43. The predicted molar refractivity (Wildman–Crippen MR) is 122 cm³/mol. The summed E-state index contributed by atoms with van der Waals surface area (Å²) in [4.78, 5) is 22.4. The summed E-state index contributed by atoms with van der Waals surface area (Å²) >= 11 is 5.63. The van der Waals surface area contributed by atoms with E-state index in [9.17, 15) is 9.18 Å². The highest BCUT2D eigenvalue weighted by Gasteiger charge is 2.40. The minimum absolute atomic E-state index is 0.117. The number of para-hydroxylation sites is 1. The summed E-state index contributed by atoms with van der Waals surface area (Å²) in [6.07, 6.45) is 1.93. The van der Waals surface area contributed by atoms with Gasteiger partial charge in [-0.25, -0.2) is 4.39 Å². The highest BCUT2D eigenvalue weighted by molar-refractivity contribution is 7.80. The zero-order chi connectivity index (χ0) is 22.0. The summed E-state index contributed by atoms with van der Waals surface area (Å²) < 4.78 is 13.9. The molecule has 0 saturated carbocycles. The van der Waals surface area contributed by atoms with E-state index in [1.807, 2.05) is 36.9 Å². The van der Waals surface area contributed by atoms with E-state index < -0.39 is 5.82 Å². The maximum Gasteiger partial charge on any atom is 0.226 e. The molecule has 0 radical (unpaired) electrons. The Bertz CT molecular complexity index is 1100. The predicted octanol–water partition coefficient (Wildman–Crippen LogP) is 4.17.